The predicted molar refractivity (Wildman–Crippen MR) is 69.9 cm³/mol. The highest BCUT2D eigenvalue weighted by molar-refractivity contribution is 5.58. The average molecular weight is 261 g/mol. The molecule has 6 nitrogen and oxygen atoms in total. The van der Waals surface area contributed by atoms with Crippen LogP contribution in [0.25, 0.3) is 0 Å². The summed E-state index contributed by atoms with van der Waals surface area (Å²) in [6.07, 6.45) is 3.46. The van der Waals surface area contributed by atoms with E-state index in [-0.39, 0.29) is 17.4 Å². The number of ether oxygens (including phenoxy) is 1. The molecule has 1 unspecified atom stereocenters. The molecule has 1 aromatic carbocycles. The van der Waals surface area contributed by atoms with Gasteiger partial charge < -0.3 is 10.1 Å². The van der Waals surface area contributed by atoms with Gasteiger partial charge in [-0.15, -0.1) is 0 Å². The SMILES string of the molecule is N#Cc1cc(NCC2CCCCO2)ccc1[N+](=O)[O-]. The van der Waals surface area contributed by atoms with E-state index in [0.717, 1.165) is 25.9 Å². The topological polar surface area (TPSA) is 88.2 Å². The molecular formula is C13H15N3O3. The summed E-state index contributed by atoms with van der Waals surface area (Å²) in [7, 11) is 0. The van der Waals surface area contributed by atoms with Crippen molar-refractivity contribution in [1.29, 1.82) is 5.26 Å². The molecule has 2 rings (SSSR count). The molecule has 1 saturated heterocycles. The number of benzene rings is 1. The van der Waals surface area contributed by atoms with Crippen LogP contribution in [0.15, 0.2) is 18.2 Å². The Kier molecular flexibility index (Phi) is 4.31. The summed E-state index contributed by atoms with van der Waals surface area (Å²) >= 11 is 0. The summed E-state index contributed by atoms with van der Waals surface area (Å²) in [5.41, 5.74) is 0.609. The maximum Gasteiger partial charge on any atom is 0.287 e. The van der Waals surface area contributed by atoms with Crippen molar-refractivity contribution in [1.82, 2.24) is 0 Å². The number of nitrogens with zero attached hydrogens (tertiary/aromatic N) is 2. The third kappa shape index (κ3) is 3.42. The molecule has 1 aromatic rings. The van der Waals surface area contributed by atoms with Crippen LogP contribution >= 0.6 is 0 Å². The van der Waals surface area contributed by atoms with E-state index in [1.807, 2.05) is 6.07 Å². The lowest BCUT2D eigenvalue weighted by molar-refractivity contribution is -0.385. The van der Waals surface area contributed by atoms with Gasteiger partial charge in [0.25, 0.3) is 5.69 Å². The number of nitro benzene ring substituents is 1. The Hall–Kier alpha value is -2.13. The number of hydrogen-bond acceptors (Lipinski definition) is 5. The van der Waals surface area contributed by atoms with Crippen molar-refractivity contribution >= 4 is 11.4 Å². The van der Waals surface area contributed by atoms with E-state index in [1.165, 1.54) is 12.1 Å². The molecule has 0 aromatic heterocycles. The third-order valence-electron chi connectivity index (χ3n) is 3.12. The Morgan fingerprint density at radius 2 is 2.37 bits per heavy atom. The quantitative estimate of drug-likeness (QED) is 0.664. The Morgan fingerprint density at radius 1 is 1.53 bits per heavy atom. The fourth-order valence-electron chi connectivity index (χ4n) is 2.09. The Morgan fingerprint density at radius 3 is 3.00 bits per heavy atom. The zero-order valence-corrected chi connectivity index (χ0v) is 10.5. The van der Waals surface area contributed by atoms with Crippen LogP contribution in [0.4, 0.5) is 11.4 Å². The number of hydrogen-bond donors (Lipinski definition) is 1. The molecule has 0 aliphatic carbocycles. The first-order chi connectivity index (χ1) is 9.20. The zero-order valence-electron chi connectivity index (χ0n) is 10.5. The smallest absolute Gasteiger partial charge is 0.287 e. The van der Waals surface area contributed by atoms with Crippen LogP contribution < -0.4 is 5.32 Å². The van der Waals surface area contributed by atoms with E-state index in [1.54, 1.807) is 6.07 Å². The van der Waals surface area contributed by atoms with E-state index in [0.29, 0.717) is 12.2 Å². The van der Waals surface area contributed by atoms with Crippen LogP contribution in [0.5, 0.6) is 0 Å². The molecule has 19 heavy (non-hydrogen) atoms. The minimum absolute atomic E-state index is 0.0690. The number of nitrogens with one attached hydrogen (secondary N) is 1. The van der Waals surface area contributed by atoms with Crippen LogP contribution in [0.2, 0.25) is 0 Å². The predicted octanol–water partition coefficient (Wildman–Crippen LogP) is 2.45. The molecule has 1 fully saturated rings. The largest absolute Gasteiger partial charge is 0.382 e. The first-order valence-electron chi connectivity index (χ1n) is 6.24. The minimum Gasteiger partial charge on any atom is -0.382 e. The Balaban J connectivity index is 2.01. The lowest BCUT2D eigenvalue weighted by Crippen LogP contribution is -2.26. The molecule has 1 atom stereocenters. The number of nitriles is 1. The average Bonchev–Trinajstić information content (AvgIpc) is 2.45. The molecule has 0 bridgehead atoms. The van der Waals surface area contributed by atoms with Gasteiger partial charge in [-0.05, 0) is 31.4 Å². The second-order valence-electron chi connectivity index (χ2n) is 4.47. The molecular weight excluding hydrogens is 246 g/mol. The van der Waals surface area contributed by atoms with Crippen molar-refractivity contribution in [2.45, 2.75) is 25.4 Å². The van der Waals surface area contributed by atoms with Crippen molar-refractivity contribution in [3.63, 3.8) is 0 Å². The summed E-state index contributed by atoms with van der Waals surface area (Å²) in [6.45, 7) is 1.44. The molecule has 100 valence electrons. The van der Waals surface area contributed by atoms with E-state index < -0.39 is 4.92 Å². The van der Waals surface area contributed by atoms with Gasteiger partial charge in [-0.2, -0.15) is 5.26 Å². The van der Waals surface area contributed by atoms with Gasteiger partial charge in [-0.3, -0.25) is 10.1 Å². The maximum atomic E-state index is 10.7. The highest BCUT2D eigenvalue weighted by Crippen LogP contribution is 2.22. The van der Waals surface area contributed by atoms with Crippen molar-refractivity contribution in [2.75, 3.05) is 18.5 Å². The maximum absolute atomic E-state index is 10.7. The summed E-state index contributed by atoms with van der Waals surface area (Å²) in [5.74, 6) is 0. The normalized spacial score (nSPS) is 18.6. The molecule has 0 spiro atoms. The van der Waals surface area contributed by atoms with Crippen LogP contribution in [-0.4, -0.2) is 24.2 Å². The van der Waals surface area contributed by atoms with Crippen LogP contribution in [0, 0.1) is 21.4 Å². The van der Waals surface area contributed by atoms with Gasteiger partial charge in [0, 0.05) is 24.9 Å². The second-order valence-corrected chi connectivity index (χ2v) is 4.47. The number of rotatable bonds is 4. The lowest BCUT2D eigenvalue weighted by Gasteiger charge is -2.23. The van der Waals surface area contributed by atoms with Gasteiger partial charge in [0.2, 0.25) is 0 Å². The molecule has 1 aliphatic rings. The van der Waals surface area contributed by atoms with Crippen molar-refractivity contribution in [3.05, 3.63) is 33.9 Å². The third-order valence-corrected chi connectivity index (χ3v) is 3.12. The van der Waals surface area contributed by atoms with E-state index in [4.69, 9.17) is 10.00 Å². The van der Waals surface area contributed by atoms with E-state index in [9.17, 15) is 10.1 Å². The van der Waals surface area contributed by atoms with Crippen molar-refractivity contribution in [2.24, 2.45) is 0 Å². The van der Waals surface area contributed by atoms with Crippen molar-refractivity contribution < 1.29 is 9.66 Å². The monoisotopic (exact) mass is 261 g/mol. The summed E-state index contributed by atoms with van der Waals surface area (Å²) in [4.78, 5) is 10.2. The van der Waals surface area contributed by atoms with Gasteiger partial charge in [0.15, 0.2) is 0 Å². The Labute approximate surface area is 111 Å². The zero-order chi connectivity index (χ0) is 13.7. The standard InChI is InChI=1S/C13H15N3O3/c14-8-10-7-11(4-5-13(10)16(17)18)15-9-12-3-1-2-6-19-12/h4-5,7,12,15H,1-3,6,9H2. The molecule has 0 saturated carbocycles. The van der Waals surface area contributed by atoms with Gasteiger partial charge in [0.05, 0.1) is 11.0 Å². The lowest BCUT2D eigenvalue weighted by atomic mass is 10.1. The Bertz CT molecular complexity index is 504. The molecule has 1 N–H and O–H groups in total. The summed E-state index contributed by atoms with van der Waals surface area (Å²) < 4.78 is 5.58. The molecule has 0 amide bonds. The highest BCUT2D eigenvalue weighted by atomic mass is 16.6. The van der Waals surface area contributed by atoms with Crippen LogP contribution in [0.3, 0.4) is 0 Å². The molecule has 1 heterocycles. The molecule has 0 radical (unpaired) electrons. The van der Waals surface area contributed by atoms with E-state index >= 15 is 0 Å². The molecule has 1 aliphatic heterocycles. The number of nitro groups is 1. The fourth-order valence-corrected chi connectivity index (χ4v) is 2.09. The first kappa shape index (κ1) is 13.3. The second kappa shape index (κ2) is 6.16. The van der Waals surface area contributed by atoms with Gasteiger partial charge in [-0.25, -0.2) is 0 Å². The summed E-state index contributed by atoms with van der Waals surface area (Å²) in [6, 6.07) is 6.31. The minimum atomic E-state index is -0.549. The first-order valence-corrected chi connectivity index (χ1v) is 6.24. The van der Waals surface area contributed by atoms with Gasteiger partial charge in [-0.1, -0.05) is 0 Å². The van der Waals surface area contributed by atoms with Crippen molar-refractivity contribution in [3.8, 4) is 6.07 Å². The van der Waals surface area contributed by atoms with Gasteiger partial charge in [0.1, 0.15) is 11.6 Å². The number of anilines is 1. The van der Waals surface area contributed by atoms with E-state index in [2.05, 4.69) is 5.32 Å². The van der Waals surface area contributed by atoms with Gasteiger partial charge >= 0.3 is 0 Å². The summed E-state index contributed by atoms with van der Waals surface area (Å²) in [5, 5.41) is 22.8. The van der Waals surface area contributed by atoms with Crippen LogP contribution in [-0.2, 0) is 4.74 Å². The molecule has 6 heteroatoms. The fraction of sp³-hybridized carbons (Fsp3) is 0.462. The van der Waals surface area contributed by atoms with Crippen LogP contribution in [0.1, 0.15) is 24.8 Å². The highest BCUT2D eigenvalue weighted by Gasteiger charge is 2.16.